The Morgan fingerprint density at radius 2 is 1.62 bits per heavy atom. The molecule has 1 fully saturated rings. The Morgan fingerprint density at radius 1 is 0.897 bits per heavy atom. The molecule has 2 aromatic carbocycles. The van der Waals surface area contributed by atoms with Gasteiger partial charge in [-0.15, -0.1) is 0 Å². The highest BCUT2D eigenvalue weighted by molar-refractivity contribution is 5.96. The fraction of sp³-hybridized carbons (Fsp3) is 0.318. The van der Waals surface area contributed by atoms with E-state index < -0.39 is 17.9 Å². The normalized spacial score (nSPS) is 20.3. The van der Waals surface area contributed by atoms with E-state index in [1.807, 2.05) is 24.3 Å². The predicted molar refractivity (Wildman–Crippen MR) is 108 cm³/mol. The van der Waals surface area contributed by atoms with Crippen LogP contribution in [0, 0.1) is 5.92 Å². The number of hydrogen-bond donors (Lipinski definition) is 4. The van der Waals surface area contributed by atoms with Crippen molar-refractivity contribution in [3.05, 3.63) is 65.2 Å². The molecule has 0 aliphatic heterocycles. The molecule has 0 aromatic heterocycles. The lowest BCUT2D eigenvalue weighted by Gasteiger charge is -2.31. The minimum Gasteiger partial charge on any atom is -0.481 e. The molecule has 4 rings (SSSR count). The Bertz CT molecular complexity index is 937. The maximum absolute atomic E-state index is 12.8. The molecule has 0 heterocycles. The van der Waals surface area contributed by atoms with Crippen LogP contribution >= 0.6 is 0 Å². The minimum absolute atomic E-state index is 0.257. The highest BCUT2D eigenvalue weighted by Gasteiger charge is 2.35. The van der Waals surface area contributed by atoms with Crippen molar-refractivity contribution in [2.75, 3.05) is 5.32 Å². The monoisotopic (exact) mass is 393 g/mol. The molecule has 2 aromatic rings. The van der Waals surface area contributed by atoms with Crippen LogP contribution in [-0.2, 0) is 11.2 Å². The maximum Gasteiger partial charge on any atom is 0.319 e. The van der Waals surface area contributed by atoms with Crippen molar-refractivity contribution in [3.8, 4) is 0 Å². The third kappa shape index (κ3) is 4.39. The molecule has 7 nitrogen and oxygen atoms in total. The van der Waals surface area contributed by atoms with Gasteiger partial charge in [-0.3, -0.25) is 9.59 Å². The van der Waals surface area contributed by atoms with Crippen LogP contribution in [0.5, 0.6) is 0 Å². The predicted octanol–water partition coefficient (Wildman–Crippen LogP) is 3.09. The SMILES string of the molecule is O=C(Nc1ccc(C(=O)N[C@@H]2c3ccccc3CC[C@@H]2C(=O)O)cc1)NC1CC1. The molecule has 150 valence electrons. The van der Waals surface area contributed by atoms with E-state index in [9.17, 15) is 19.5 Å². The van der Waals surface area contributed by atoms with Gasteiger partial charge >= 0.3 is 12.0 Å². The molecule has 0 saturated heterocycles. The molecule has 2 atom stereocenters. The summed E-state index contributed by atoms with van der Waals surface area (Å²) < 4.78 is 0. The Hall–Kier alpha value is -3.35. The number of carboxylic acid groups (broad SMARTS) is 1. The molecule has 29 heavy (non-hydrogen) atoms. The van der Waals surface area contributed by atoms with Gasteiger partial charge in [-0.1, -0.05) is 24.3 Å². The van der Waals surface area contributed by atoms with E-state index in [2.05, 4.69) is 16.0 Å². The number of carboxylic acids is 1. The topological polar surface area (TPSA) is 108 Å². The molecule has 1 saturated carbocycles. The quantitative estimate of drug-likeness (QED) is 0.626. The van der Waals surface area contributed by atoms with Crippen LogP contribution in [0.15, 0.2) is 48.5 Å². The summed E-state index contributed by atoms with van der Waals surface area (Å²) in [5.74, 6) is -1.92. The second-order valence-electron chi connectivity index (χ2n) is 7.58. The lowest BCUT2D eigenvalue weighted by molar-refractivity contribution is -0.143. The van der Waals surface area contributed by atoms with Gasteiger partial charge < -0.3 is 21.1 Å². The fourth-order valence-corrected chi connectivity index (χ4v) is 3.71. The van der Waals surface area contributed by atoms with Gasteiger partial charge in [0.15, 0.2) is 0 Å². The Balaban J connectivity index is 1.46. The fourth-order valence-electron chi connectivity index (χ4n) is 3.71. The molecular formula is C22H23N3O4. The minimum atomic E-state index is -0.911. The van der Waals surface area contributed by atoms with Gasteiger partial charge in [0.25, 0.3) is 5.91 Å². The molecule has 2 aliphatic rings. The largest absolute Gasteiger partial charge is 0.481 e. The molecule has 2 aliphatic carbocycles. The van der Waals surface area contributed by atoms with E-state index in [0.717, 1.165) is 24.0 Å². The number of carbonyl (C=O) groups excluding carboxylic acids is 2. The van der Waals surface area contributed by atoms with Gasteiger partial charge in [-0.2, -0.15) is 0 Å². The summed E-state index contributed by atoms with van der Waals surface area (Å²) in [6, 6.07) is 13.6. The molecule has 3 amide bonds. The molecule has 0 unspecified atom stereocenters. The Labute approximate surface area is 168 Å². The van der Waals surface area contributed by atoms with Gasteiger partial charge in [0.1, 0.15) is 0 Å². The molecule has 0 bridgehead atoms. The molecule has 4 N–H and O–H groups in total. The van der Waals surface area contributed by atoms with Gasteiger partial charge in [0, 0.05) is 17.3 Å². The first-order chi connectivity index (χ1) is 14.0. The molecule has 0 radical (unpaired) electrons. The van der Waals surface area contributed by atoms with E-state index in [-0.39, 0.29) is 18.0 Å². The van der Waals surface area contributed by atoms with Crippen molar-refractivity contribution in [1.29, 1.82) is 0 Å². The van der Waals surface area contributed by atoms with Crippen molar-refractivity contribution in [2.24, 2.45) is 5.92 Å². The van der Waals surface area contributed by atoms with Crippen LogP contribution in [0.25, 0.3) is 0 Å². The van der Waals surface area contributed by atoms with Crippen LogP contribution in [0.4, 0.5) is 10.5 Å². The van der Waals surface area contributed by atoms with E-state index in [1.54, 1.807) is 24.3 Å². The number of carbonyl (C=O) groups is 3. The summed E-state index contributed by atoms with van der Waals surface area (Å²) in [5.41, 5.74) is 2.92. The first kappa shape index (κ1) is 19.0. The number of amides is 3. The summed E-state index contributed by atoms with van der Waals surface area (Å²) >= 11 is 0. The summed E-state index contributed by atoms with van der Waals surface area (Å²) in [7, 11) is 0. The van der Waals surface area contributed by atoms with Crippen molar-refractivity contribution in [3.63, 3.8) is 0 Å². The summed E-state index contributed by atoms with van der Waals surface area (Å²) in [4.78, 5) is 36.3. The second-order valence-corrected chi connectivity index (χ2v) is 7.58. The van der Waals surface area contributed by atoms with E-state index in [0.29, 0.717) is 24.1 Å². The molecular weight excluding hydrogens is 370 g/mol. The lowest BCUT2D eigenvalue weighted by Crippen LogP contribution is -2.39. The third-order valence-corrected chi connectivity index (χ3v) is 5.44. The first-order valence-electron chi connectivity index (χ1n) is 9.80. The van der Waals surface area contributed by atoms with E-state index in [1.165, 1.54) is 0 Å². The number of anilines is 1. The molecule has 7 heteroatoms. The first-order valence-corrected chi connectivity index (χ1v) is 9.80. The number of rotatable bonds is 5. The third-order valence-electron chi connectivity index (χ3n) is 5.44. The number of benzene rings is 2. The molecule has 0 spiro atoms. The maximum atomic E-state index is 12.8. The van der Waals surface area contributed by atoms with Gasteiger partial charge in [-0.05, 0) is 61.1 Å². The van der Waals surface area contributed by atoms with Crippen LogP contribution in [-0.4, -0.2) is 29.1 Å². The summed E-state index contributed by atoms with van der Waals surface area (Å²) in [6.45, 7) is 0. The average molecular weight is 393 g/mol. The van der Waals surface area contributed by atoms with Crippen LogP contribution in [0.1, 0.15) is 46.8 Å². The lowest BCUT2D eigenvalue weighted by atomic mass is 9.79. The summed E-state index contributed by atoms with van der Waals surface area (Å²) in [5, 5.41) is 18.1. The average Bonchev–Trinajstić information content (AvgIpc) is 3.52. The number of aryl methyl sites for hydroxylation is 1. The highest BCUT2D eigenvalue weighted by Crippen LogP contribution is 2.34. The van der Waals surface area contributed by atoms with Gasteiger partial charge in [0.2, 0.25) is 0 Å². The number of urea groups is 1. The van der Waals surface area contributed by atoms with Crippen molar-refractivity contribution in [1.82, 2.24) is 10.6 Å². The Morgan fingerprint density at radius 3 is 2.31 bits per heavy atom. The zero-order chi connectivity index (χ0) is 20.4. The zero-order valence-corrected chi connectivity index (χ0v) is 15.9. The van der Waals surface area contributed by atoms with Gasteiger partial charge in [-0.25, -0.2) is 4.79 Å². The number of fused-ring (bicyclic) bond motifs is 1. The van der Waals surface area contributed by atoms with Crippen LogP contribution < -0.4 is 16.0 Å². The smallest absolute Gasteiger partial charge is 0.319 e. The number of aliphatic carboxylic acids is 1. The van der Waals surface area contributed by atoms with Gasteiger partial charge in [0.05, 0.1) is 12.0 Å². The van der Waals surface area contributed by atoms with Crippen LogP contribution in [0.2, 0.25) is 0 Å². The highest BCUT2D eigenvalue weighted by atomic mass is 16.4. The zero-order valence-electron chi connectivity index (χ0n) is 15.9. The number of hydrogen-bond acceptors (Lipinski definition) is 3. The summed E-state index contributed by atoms with van der Waals surface area (Å²) in [6.07, 6.45) is 3.18. The van der Waals surface area contributed by atoms with Crippen molar-refractivity contribution in [2.45, 2.75) is 37.8 Å². The Kier molecular flexibility index (Phi) is 5.20. The van der Waals surface area contributed by atoms with Crippen molar-refractivity contribution < 1.29 is 19.5 Å². The van der Waals surface area contributed by atoms with E-state index in [4.69, 9.17) is 0 Å². The standard InChI is InChI=1S/C22H23N3O4/c26-20(14-5-8-15(9-6-14)23-22(29)24-16-10-11-16)25-19-17-4-2-1-3-13(17)7-12-18(19)21(27)28/h1-6,8-9,16,18-19H,7,10-12H2,(H,25,26)(H,27,28)(H2,23,24,29)/t18-,19+/m0/s1. The second kappa shape index (κ2) is 7.95. The van der Waals surface area contributed by atoms with Crippen molar-refractivity contribution >= 4 is 23.6 Å². The van der Waals surface area contributed by atoms with Crippen LogP contribution in [0.3, 0.4) is 0 Å². The van der Waals surface area contributed by atoms with E-state index >= 15 is 0 Å². The number of nitrogens with one attached hydrogen (secondary N) is 3.